The van der Waals surface area contributed by atoms with Gasteiger partial charge in [0.15, 0.2) is 0 Å². The van der Waals surface area contributed by atoms with Crippen molar-refractivity contribution in [3.8, 4) is 6.07 Å². The summed E-state index contributed by atoms with van der Waals surface area (Å²) >= 11 is 0. The first-order valence-electron chi connectivity index (χ1n) is 9.62. The molecule has 0 aromatic heterocycles. The molecule has 0 amide bonds. The van der Waals surface area contributed by atoms with Crippen molar-refractivity contribution >= 4 is 19.9 Å². The van der Waals surface area contributed by atoms with Gasteiger partial charge in [0, 0.05) is 25.2 Å². The van der Waals surface area contributed by atoms with Gasteiger partial charge in [-0.25, -0.2) is 4.67 Å². The highest BCUT2D eigenvalue weighted by Gasteiger charge is 2.34. The average molecular weight is 446 g/mol. The monoisotopic (exact) mass is 446 g/mol. The lowest BCUT2D eigenvalue weighted by Crippen LogP contribution is -2.21. The Morgan fingerprint density at radius 3 is 1.90 bits per heavy atom. The third-order valence-electron chi connectivity index (χ3n) is 4.40. The zero-order valence-electron chi connectivity index (χ0n) is 17.2. The number of nitrogens with zero attached hydrogens (tertiary/aromatic N) is 4. The lowest BCUT2D eigenvalue weighted by atomic mass is 9.98. The second-order valence-corrected chi connectivity index (χ2v) is 7.75. The molecular weight excluding hydrogens is 423 g/mol. The van der Waals surface area contributed by atoms with Crippen LogP contribution >= 0.6 is 8.53 Å². The highest BCUT2D eigenvalue weighted by Crippen LogP contribution is 2.51. The maximum Gasteiger partial charge on any atom is 0.275 e. The summed E-state index contributed by atoms with van der Waals surface area (Å²) in [5.41, 5.74) is -0.0509. The van der Waals surface area contributed by atoms with E-state index in [1.165, 1.54) is 36.4 Å². The van der Waals surface area contributed by atoms with Crippen molar-refractivity contribution in [2.24, 2.45) is 0 Å². The first-order valence-corrected chi connectivity index (χ1v) is 10.8. The molecule has 11 heteroatoms. The molecule has 1 unspecified atom stereocenters. The quantitative estimate of drug-likeness (QED) is 0.190. The van der Waals surface area contributed by atoms with Crippen LogP contribution in [0.3, 0.4) is 0 Å². The summed E-state index contributed by atoms with van der Waals surface area (Å²) in [6.07, 6.45) is -0.970. The first kappa shape index (κ1) is 24.3. The van der Waals surface area contributed by atoms with Crippen molar-refractivity contribution in [2.45, 2.75) is 26.4 Å². The van der Waals surface area contributed by atoms with E-state index < -0.39 is 24.5 Å². The molecule has 0 heterocycles. The van der Waals surface area contributed by atoms with Gasteiger partial charge in [-0.15, -0.1) is 0 Å². The summed E-state index contributed by atoms with van der Waals surface area (Å²) in [5.74, 6) is 0. The van der Waals surface area contributed by atoms with E-state index in [-0.39, 0.29) is 35.5 Å². The minimum Gasteiger partial charge on any atom is -0.321 e. The van der Waals surface area contributed by atoms with Crippen LogP contribution in [0.2, 0.25) is 0 Å². The van der Waals surface area contributed by atoms with Crippen molar-refractivity contribution in [2.75, 3.05) is 19.7 Å². The predicted octanol–water partition coefficient (Wildman–Crippen LogP) is 5.11. The van der Waals surface area contributed by atoms with E-state index in [0.717, 1.165) is 0 Å². The van der Waals surface area contributed by atoms with Gasteiger partial charge in [0.1, 0.15) is 6.10 Å². The topological polar surface area (TPSA) is 132 Å². The summed E-state index contributed by atoms with van der Waals surface area (Å²) < 4.78 is 13.9. The van der Waals surface area contributed by atoms with E-state index >= 15 is 0 Å². The summed E-state index contributed by atoms with van der Waals surface area (Å²) in [6.45, 7) is 5.05. The zero-order valence-corrected chi connectivity index (χ0v) is 18.1. The Kier molecular flexibility index (Phi) is 9.43. The number of hydrogen-bond acceptors (Lipinski definition) is 8. The molecule has 10 nitrogen and oxygen atoms in total. The van der Waals surface area contributed by atoms with Gasteiger partial charge in [-0.1, -0.05) is 38.1 Å². The van der Waals surface area contributed by atoms with Gasteiger partial charge in [0.2, 0.25) is 0 Å². The largest absolute Gasteiger partial charge is 0.321 e. The number of rotatable bonds is 12. The molecule has 2 aromatic rings. The van der Waals surface area contributed by atoms with Crippen molar-refractivity contribution in [3.05, 3.63) is 79.9 Å². The van der Waals surface area contributed by atoms with Crippen LogP contribution in [0, 0.1) is 31.6 Å². The molecule has 0 aliphatic heterocycles. The molecule has 2 rings (SSSR count). The number of hydrogen-bond donors (Lipinski definition) is 0. The SMILES string of the molecule is CCN(CC)P(OCCC#N)OC(c1ccccc1[N+](=O)[O-])c1ccccc1[N+](=O)[O-]. The van der Waals surface area contributed by atoms with Gasteiger partial charge in [-0.2, -0.15) is 5.26 Å². The fourth-order valence-electron chi connectivity index (χ4n) is 2.92. The molecule has 0 spiro atoms. The fourth-order valence-corrected chi connectivity index (χ4v) is 4.40. The summed E-state index contributed by atoms with van der Waals surface area (Å²) in [4.78, 5) is 22.2. The maximum absolute atomic E-state index is 11.7. The molecule has 1 atom stereocenters. The number of nitro groups is 2. The van der Waals surface area contributed by atoms with E-state index in [4.69, 9.17) is 14.3 Å². The Morgan fingerprint density at radius 1 is 1.00 bits per heavy atom. The third-order valence-corrected chi connectivity index (χ3v) is 6.23. The molecule has 0 aliphatic rings. The van der Waals surface area contributed by atoms with Crippen molar-refractivity contribution in [1.82, 2.24) is 4.67 Å². The molecule has 0 fully saturated rings. The maximum atomic E-state index is 11.7. The number of benzene rings is 2. The highest BCUT2D eigenvalue weighted by molar-refractivity contribution is 7.44. The highest BCUT2D eigenvalue weighted by atomic mass is 31.2. The van der Waals surface area contributed by atoms with Crippen LogP contribution in [-0.4, -0.2) is 34.2 Å². The molecule has 2 aromatic carbocycles. The number of nitro benzene ring substituents is 2. The van der Waals surface area contributed by atoms with Crippen molar-refractivity contribution in [3.63, 3.8) is 0 Å². The minimum absolute atomic E-state index is 0.110. The van der Waals surface area contributed by atoms with Crippen LogP contribution < -0.4 is 0 Å². The van der Waals surface area contributed by atoms with Crippen LogP contribution in [-0.2, 0) is 9.05 Å². The second kappa shape index (κ2) is 12.0. The van der Waals surface area contributed by atoms with Gasteiger partial charge in [0.05, 0.1) is 40.1 Å². The Hall–Kier alpha value is -2.96. The Balaban J connectivity index is 2.61. The Bertz CT molecular complexity index is 890. The zero-order chi connectivity index (χ0) is 22.8. The van der Waals surface area contributed by atoms with Crippen LogP contribution in [0.4, 0.5) is 11.4 Å². The van der Waals surface area contributed by atoms with E-state index in [2.05, 4.69) is 0 Å². The van der Waals surface area contributed by atoms with Crippen LogP contribution in [0.25, 0.3) is 0 Å². The first-order chi connectivity index (χ1) is 14.9. The van der Waals surface area contributed by atoms with Crippen LogP contribution in [0.1, 0.15) is 37.5 Å². The molecule has 0 saturated carbocycles. The smallest absolute Gasteiger partial charge is 0.275 e. The normalized spacial score (nSPS) is 12.0. The van der Waals surface area contributed by atoms with E-state index in [9.17, 15) is 20.2 Å². The molecule has 0 aliphatic carbocycles. The Labute approximate surface area is 181 Å². The summed E-state index contributed by atoms with van der Waals surface area (Å²) in [6, 6.07) is 14.0. The average Bonchev–Trinajstić information content (AvgIpc) is 2.77. The number of para-hydroxylation sites is 2. The van der Waals surface area contributed by atoms with Crippen molar-refractivity contribution < 1.29 is 18.9 Å². The fraction of sp³-hybridized carbons (Fsp3) is 0.350. The van der Waals surface area contributed by atoms with E-state index in [0.29, 0.717) is 13.1 Å². The summed E-state index contributed by atoms with van der Waals surface area (Å²) in [7, 11) is -1.75. The molecule has 164 valence electrons. The van der Waals surface area contributed by atoms with E-state index in [1.807, 2.05) is 24.6 Å². The van der Waals surface area contributed by atoms with Gasteiger partial charge in [0.25, 0.3) is 19.9 Å². The Morgan fingerprint density at radius 2 is 1.48 bits per heavy atom. The molecule has 0 N–H and O–H groups in total. The molecule has 0 bridgehead atoms. The predicted molar refractivity (Wildman–Crippen MR) is 115 cm³/mol. The van der Waals surface area contributed by atoms with Crippen LogP contribution in [0.5, 0.6) is 0 Å². The number of nitriles is 1. The van der Waals surface area contributed by atoms with Crippen LogP contribution in [0.15, 0.2) is 48.5 Å². The van der Waals surface area contributed by atoms with Gasteiger partial charge < -0.3 is 9.05 Å². The second-order valence-electron chi connectivity index (χ2n) is 6.24. The molecular formula is C20H23N4O6P. The lowest BCUT2D eigenvalue weighted by Gasteiger charge is -2.30. The molecule has 0 saturated heterocycles. The molecule has 0 radical (unpaired) electrons. The third kappa shape index (κ3) is 6.26. The lowest BCUT2D eigenvalue weighted by molar-refractivity contribution is -0.387. The van der Waals surface area contributed by atoms with Crippen molar-refractivity contribution in [1.29, 1.82) is 5.26 Å². The molecule has 31 heavy (non-hydrogen) atoms. The van der Waals surface area contributed by atoms with E-state index in [1.54, 1.807) is 12.1 Å². The van der Waals surface area contributed by atoms with Gasteiger partial charge in [-0.05, 0) is 12.1 Å². The van der Waals surface area contributed by atoms with Gasteiger partial charge in [-0.3, -0.25) is 20.2 Å². The standard InChI is InChI=1S/C20H23N4O6P/c1-3-22(4-2)31(29-15-9-14-21)30-20(16-10-5-7-12-18(16)23(25)26)17-11-6-8-13-19(17)24(27)28/h5-8,10-13,20H,3-4,9,15H2,1-2H3. The van der Waals surface area contributed by atoms with Gasteiger partial charge >= 0.3 is 0 Å². The minimum atomic E-state index is -1.75. The summed E-state index contributed by atoms with van der Waals surface area (Å²) in [5, 5.41) is 32.2.